The van der Waals surface area contributed by atoms with Crippen molar-refractivity contribution >= 4 is 45.9 Å². The van der Waals surface area contributed by atoms with Gasteiger partial charge in [0.2, 0.25) is 0 Å². The molecule has 33 heavy (non-hydrogen) atoms. The zero-order valence-electron chi connectivity index (χ0n) is 17.9. The van der Waals surface area contributed by atoms with Gasteiger partial charge in [-0.15, -0.1) is 0 Å². The number of hydrogen-bond donors (Lipinski definition) is 1. The number of allylic oxidation sites excluding steroid dienone is 1. The molecule has 0 radical (unpaired) electrons. The third kappa shape index (κ3) is 5.06. The Morgan fingerprint density at radius 1 is 1.00 bits per heavy atom. The highest BCUT2D eigenvalue weighted by molar-refractivity contribution is 6.42. The minimum Gasteiger partial charge on any atom is -0.497 e. The highest BCUT2D eigenvalue weighted by Crippen LogP contribution is 2.31. The average molecular weight is 480 g/mol. The van der Waals surface area contributed by atoms with E-state index in [-0.39, 0.29) is 0 Å². The van der Waals surface area contributed by atoms with E-state index in [0.717, 1.165) is 22.2 Å². The second-order valence-corrected chi connectivity index (χ2v) is 7.90. The summed E-state index contributed by atoms with van der Waals surface area (Å²) in [5.74, 6) is 2.28. The van der Waals surface area contributed by atoms with Crippen molar-refractivity contribution in [2.45, 2.75) is 6.61 Å². The molecule has 3 aromatic carbocycles. The third-order valence-electron chi connectivity index (χ3n) is 4.94. The van der Waals surface area contributed by atoms with Gasteiger partial charge in [-0.3, -0.25) is 0 Å². The molecule has 0 aliphatic carbocycles. The van der Waals surface area contributed by atoms with Crippen LogP contribution < -0.4 is 14.2 Å². The van der Waals surface area contributed by atoms with Crippen LogP contribution in [-0.2, 0) is 6.61 Å². The van der Waals surface area contributed by atoms with Gasteiger partial charge in [0.25, 0.3) is 0 Å². The first-order chi connectivity index (χ1) is 16.0. The lowest BCUT2D eigenvalue weighted by atomic mass is 10.1. The molecule has 0 unspecified atom stereocenters. The Labute approximate surface area is 200 Å². The highest BCUT2D eigenvalue weighted by Gasteiger charge is 2.11. The van der Waals surface area contributed by atoms with Gasteiger partial charge in [-0.1, -0.05) is 35.3 Å². The number of nitrogens with one attached hydrogen (secondary N) is 1. The Morgan fingerprint density at radius 3 is 2.58 bits per heavy atom. The highest BCUT2D eigenvalue weighted by atomic mass is 35.5. The van der Waals surface area contributed by atoms with Crippen molar-refractivity contribution in [3.63, 3.8) is 0 Å². The molecular weight excluding hydrogens is 461 g/mol. The third-order valence-corrected chi connectivity index (χ3v) is 5.68. The molecule has 4 rings (SSSR count). The first-order valence-corrected chi connectivity index (χ1v) is 10.7. The van der Waals surface area contributed by atoms with E-state index in [4.69, 9.17) is 37.4 Å². The van der Waals surface area contributed by atoms with Crippen LogP contribution in [0.1, 0.15) is 17.0 Å². The molecule has 0 atom stereocenters. The first-order valence-electron chi connectivity index (χ1n) is 9.91. The van der Waals surface area contributed by atoms with Crippen LogP contribution >= 0.6 is 23.2 Å². The summed E-state index contributed by atoms with van der Waals surface area (Å²) >= 11 is 12.0. The van der Waals surface area contributed by atoms with E-state index in [1.54, 1.807) is 44.6 Å². The Kier molecular flexibility index (Phi) is 6.74. The molecule has 0 fully saturated rings. The zero-order valence-corrected chi connectivity index (χ0v) is 19.4. The van der Waals surface area contributed by atoms with Crippen molar-refractivity contribution in [3.05, 3.63) is 81.6 Å². The number of benzene rings is 3. The molecule has 1 aromatic heterocycles. The summed E-state index contributed by atoms with van der Waals surface area (Å²) in [6, 6.07) is 18.5. The van der Waals surface area contributed by atoms with Gasteiger partial charge >= 0.3 is 0 Å². The summed E-state index contributed by atoms with van der Waals surface area (Å²) in [6.07, 6.45) is 1.74. The van der Waals surface area contributed by atoms with Crippen LogP contribution in [0, 0.1) is 11.3 Å². The van der Waals surface area contributed by atoms with Crippen molar-refractivity contribution in [1.29, 1.82) is 5.26 Å². The summed E-state index contributed by atoms with van der Waals surface area (Å²) < 4.78 is 16.6. The maximum absolute atomic E-state index is 9.72. The van der Waals surface area contributed by atoms with Crippen LogP contribution in [-0.4, -0.2) is 24.2 Å². The monoisotopic (exact) mass is 479 g/mol. The summed E-state index contributed by atoms with van der Waals surface area (Å²) in [4.78, 5) is 7.68. The molecule has 166 valence electrons. The van der Waals surface area contributed by atoms with Crippen molar-refractivity contribution in [3.8, 4) is 23.3 Å². The van der Waals surface area contributed by atoms with Gasteiger partial charge in [0.05, 0.1) is 40.9 Å². The van der Waals surface area contributed by atoms with Crippen molar-refractivity contribution in [2.75, 3.05) is 14.2 Å². The molecule has 0 spiro atoms. The van der Waals surface area contributed by atoms with E-state index in [1.807, 2.05) is 30.3 Å². The fraction of sp³-hybridized carbons (Fsp3) is 0.120. The summed E-state index contributed by atoms with van der Waals surface area (Å²) in [6.45, 7) is 0.300. The number of nitriles is 1. The van der Waals surface area contributed by atoms with Crippen LogP contribution in [0.15, 0.2) is 54.6 Å². The molecule has 0 amide bonds. The molecule has 6 nitrogen and oxygen atoms in total. The second-order valence-electron chi connectivity index (χ2n) is 7.09. The number of H-pyrrole nitrogens is 1. The van der Waals surface area contributed by atoms with Crippen LogP contribution in [0.3, 0.4) is 0 Å². The van der Waals surface area contributed by atoms with Crippen LogP contribution in [0.4, 0.5) is 0 Å². The van der Waals surface area contributed by atoms with Crippen molar-refractivity contribution < 1.29 is 14.2 Å². The number of nitrogens with zero attached hydrogens (tertiary/aromatic N) is 2. The number of aromatic nitrogens is 2. The van der Waals surface area contributed by atoms with E-state index in [1.165, 1.54) is 0 Å². The fourth-order valence-corrected chi connectivity index (χ4v) is 3.57. The quantitative estimate of drug-likeness (QED) is 0.304. The SMILES string of the molecule is COc1ccc2nc(/C(C#N)=C/c3ccc(OCc4ccc(Cl)c(Cl)c4)c(OC)c3)[nH]c2c1. The first kappa shape index (κ1) is 22.5. The maximum Gasteiger partial charge on any atom is 0.161 e. The molecule has 0 bridgehead atoms. The predicted octanol–water partition coefficient (Wildman–Crippen LogP) is 6.53. The molecule has 4 aromatic rings. The van der Waals surface area contributed by atoms with Gasteiger partial charge in [0.15, 0.2) is 11.5 Å². The largest absolute Gasteiger partial charge is 0.497 e. The Morgan fingerprint density at radius 2 is 1.85 bits per heavy atom. The Balaban J connectivity index is 1.58. The van der Waals surface area contributed by atoms with Gasteiger partial charge < -0.3 is 19.2 Å². The Hall–Kier alpha value is -3.66. The number of aromatic amines is 1. The molecule has 1 heterocycles. The van der Waals surface area contributed by atoms with E-state index in [0.29, 0.717) is 45.3 Å². The lowest BCUT2D eigenvalue weighted by Crippen LogP contribution is -1.98. The number of methoxy groups -OCH3 is 2. The summed E-state index contributed by atoms with van der Waals surface area (Å²) in [7, 11) is 3.16. The zero-order chi connectivity index (χ0) is 23.4. The topological polar surface area (TPSA) is 80.2 Å². The lowest BCUT2D eigenvalue weighted by molar-refractivity contribution is 0.284. The van der Waals surface area contributed by atoms with Crippen LogP contribution in [0.5, 0.6) is 17.2 Å². The van der Waals surface area contributed by atoms with Gasteiger partial charge in [-0.05, 0) is 53.6 Å². The summed E-state index contributed by atoms with van der Waals surface area (Å²) in [5.41, 5.74) is 3.56. The maximum atomic E-state index is 9.72. The average Bonchev–Trinajstić information content (AvgIpc) is 3.26. The van der Waals surface area contributed by atoms with Crippen LogP contribution in [0.25, 0.3) is 22.7 Å². The van der Waals surface area contributed by atoms with Gasteiger partial charge in [0, 0.05) is 6.07 Å². The number of hydrogen-bond acceptors (Lipinski definition) is 5. The molecule has 0 aliphatic rings. The van der Waals surface area contributed by atoms with Gasteiger partial charge in [0.1, 0.15) is 24.3 Å². The second kappa shape index (κ2) is 9.86. The molecular formula is C25H19Cl2N3O3. The number of fused-ring (bicyclic) bond motifs is 1. The van der Waals surface area contributed by atoms with Gasteiger partial charge in [-0.25, -0.2) is 4.98 Å². The summed E-state index contributed by atoms with van der Waals surface area (Å²) in [5, 5.41) is 10.7. The number of ether oxygens (including phenoxy) is 3. The van der Waals surface area contributed by atoms with Crippen LogP contribution in [0.2, 0.25) is 10.0 Å². The predicted molar refractivity (Wildman–Crippen MR) is 130 cm³/mol. The lowest BCUT2D eigenvalue weighted by Gasteiger charge is -2.12. The molecule has 0 aliphatic heterocycles. The van der Waals surface area contributed by atoms with E-state index in [9.17, 15) is 5.26 Å². The van der Waals surface area contributed by atoms with Crippen molar-refractivity contribution in [2.24, 2.45) is 0 Å². The molecule has 1 N–H and O–H groups in total. The van der Waals surface area contributed by atoms with Gasteiger partial charge in [-0.2, -0.15) is 5.26 Å². The van der Waals surface area contributed by atoms with Crippen molar-refractivity contribution in [1.82, 2.24) is 9.97 Å². The Bertz CT molecular complexity index is 1390. The number of imidazole rings is 1. The number of rotatable bonds is 7. The van der Waals surface area contributed by atoms with E-state index < -0.39 is 0 Å². The standard InChI is InChI=1S/C25H19Cl2N3O3/c1-31-18-5-7-21-22(12-18)30-25(29-21)17(13-28)9-15-4-8-23(24(11-15)32-2)33-14-16-3-6-19(26)20(27)10-16/h3-12H,14H2,1-2H3,(H,29,30)/b17-9+. The van der Waals surface area contributed by atoms with E-state index in [2.05, 4.69) is 16.0 Å². The minimum atomic E-state index is 0.300. The number of halogens is 2. The smallest absolute Gasteiger partial charge is 0.161 e. The van der Waals surface area contributed by atoms with E-state index >= 15 is 0 Å². The molecule has 0 saturated carbocycles. The normalized spacial score (nSPS) is 11.3. The fourth-order valence-electron chi connectivity index (χ4n) is 3.25. The molecule has 0 saturated heterocycles. The minimum absolute atomic E-state index is 0.300. The molecule has 8 heteroatoms.